The maximum Gasteiger partial charge on any atom is 0.225 e. The van der Waals surface area contributed by atoms with Gasteiger partial charge in [-0.3, -0.25) is 4.79 Å². The van der Waals surface area contributed by atoms with E-state index in [1.54, 1.807) is 12.1 Å². The van der Waals surface area contributed by atoms with Crippen LogP contribution in [0.5, 0.6) is 5.75 Å². The molecule has 0 radical (unpaired) electrons. The van der Waals surface area contributed by atoms with E-state index in [1.807, 2.05) is 32.0 Å². The van der Waals surface area contributed by atoms with E-state index in [0.29, 0.717) is 65.2 Å². The van der Waals surface area contributed by atoms with Gasteiger partial charge >= 0.3 is 0 Å². The number of halogens is 2. The van der Waals surface area contributed by atoms with Crippen molar-refractivity contribution in [3.63, 3.8) is 0 Å². The second-order valence-electron chi connectivity index (χ2n) is 7.72. The largest absolute Gasteiger partial charge is 0.487 e. The molecular formula is C24H27ClFN5O2. The summed E-state index contributed by atoms with van der Waals surface area (Å²) in [4.78, 5) is 18.7. The molecule has 2 aromatic rings. The number of benzene rings is 1. The Morgan fingerprint density at radius 3 is 2.88 bits per heavy atom. The van der Waals surface area contributed by atoms with Crippen molar-refractivity contribution in [2.24, 2.45) is 0 Å². The molecule has 3 N–H and O–H groups in total. The Labute approximate surface area is 197 Å². The van der Waals surface area contributed by atoms with Gasteiger partial charge in [0.1, 0.15) is 12.4 Å². The van der Waals surface area contributed by atoms with Gasteiger partial charge in [0.05, 0.1) is 17.9 Å². The van der Waals surface area contributed by atoms with E-state index in [2.05, 4.69) is 15.6 Å². The Hall–Kier alpha value is -3.23. The fourth-order valence-electron chi connectivity index (χ4n) is 3.31. The lowest BCUT2D eigenvalue weighted by molar-refractivity contribution is -0.120. The Bertz CT molecular complexity index is 1110. The molecule has 0 atom stereocenters. The molecule has 0 fully saturated rings. The average molecular weight is 472 g/mol. The zero-order chi connectivity index (χ0) is 24.0. The molecule has 1 aromatic heterocycles. The van der Waals surface area contributed by atoms with Crippen LogP contribution in [0.4, 0.5) is 10.2 Å². The molecule has 0 saturated heterocycles. The Morgan fingerprint density at radius 2 is 2.18 bits per heavy atom. The van der Waals surface area contributed by atoms with Gasteiger partial charge in [0.2, 0.25) is 5.91 Å². The van der Waals surface area contributed by atoms with Gasteiger partial charge < -0.3 is 25.7 Å². The fraction of sp³-hybridized carbons (Fsp3) is 0.292. The van der Waals surface area contributed by atoms with Gasteiger partial charge in [-0.05, 0) is 56.9 Å². The van der Waals surface area contributed by atoms with Gasteiger partial charge in [0, 0.05) is 35.3 Å². The molecule has 2 heterocycles. The minimum atomic E-state index is -0.444. The SMILES string of the molecule is C/C=C(\C=C(/C=N)NC(=O)CCN(C)C)c1cc(-c2cc(Cl)ccc2F)nc2c1OCCN2. The summed E-state index contributed by atoms with van der Waals surface area (Å²) >= 11 is 6.10. The summed E-state index contributed by atoms with van der Waals surface area (Å²) in [6, 6.07) is 6.03. The minimum absolute atomic E-state index is 0.190. The van der Waals surface area contributed by atoms with Crippen molar-refractivity contribution in [1.29, 1.82) is 5.41 Å². The van der Waals surface area contributed by atoms with Crippen LogP contribution in [-0.4, -0.2) is 55.8 Å². The molecule has 33 heavy (non-hydrogen) atoms. The van der Waals surface area contributed by atoms with Crippen LogP contribution in [0.25, 0.3) is 16.8 Å². The van der Waals surface area contributed by atoms with E-state index >= 15 is 0 Å². The molecule has 1 aliphatic heterocycles. The van der Waals surface area contributed by atoms with Crippen molar-refractivity contribution in [2.75, 3.05) is 39.1 Å². The van der Waals surface area contributed by atoms with E-state index in [1.165, 1.54) is 18.2 Å². The minimum Gasteiger partial charge on any atom is -0.487 e. The zero-order valence-corrected chi connectivity index (χ0v) is 19.6. The molecule has 1 aliphatic rings. The summed E-state index contributed by atoms with van der Waals surface area (Å²) in [5.41, 5.74) is 2.33. The fourth-order valence-corrected chi connectivity index (χ4v) is 3.49. The van der Waals surface area contributed by atoms with Gasteiger partial charge in [-0.25, -0.2) is 9.37 Å². The number of nitrogens with one attached hydrogen (secondary N) is 3. The Balaban J connectivity index is 2.03. The third-order valence-corrected chi connectivity index (χ3v) is 5.21. The van der Waals surface area contributed by atoms with Gasteiger partial charge in [-0.2, -0.15) is 0 Å². The monoisotopic (exact) mass is 471 g/mol. The second kappa shape index (κ2) is 11.1. The lowest BCUT2D eigenvalue weighted by Gasteiger charge is -2.23. The number of aromatic nitrogens is 1. The topological polar surface area (TPSA) is 90.3 Å². The van der Waals surface area contributed by atoms with Crippen LogP contribution in [-0.2, 0) is 4.79 Å². The molecule has 0 unspecified atom stereocenters. The number of ether oxygens (including phenoxy) is 1. The highest BCUT2D eigenvalue weighted by atomic mass is 35.5. The van der Waals surface area contributed by atoms with Gasteiger partial charge in [0.15, 0.2) is 11.6 Å². The van der Waals surface area contributed by atoms with Crippen molar-refractivity contribution >= 4 is 35.1 Å². The lowest BCUT2D eigenvalue weighted by Crippen LogP contribution is -2.27. The summed E-state index contributed by atoms with van der Waals surface area (Å²) in [6.07, 6.45) is 4.91. The van der Waals surface area contributed by atoms with Crippen LogP contribution in [0, 0.1) is 11.2 Å². The quantitative estimate of drug-likeness (QED) is 0.393. The van der Waals surface area contributed by atoms with Crippen LogP contribution >= 0.6 is 11.6 Å². The predicted molar refractivity (Wildman–Crippen MR) is 130 cm³/mol. The van der Waals surface area contributed by atoms with Gasteiger partial charge in [-0.1, -0.05) is 17.7 Å². The van der Waals surface area contributed by atoms with Crippen LogP contribution in [0.3, 0.4) is 0 Å². The first-order valence-corrected chi connectivity index (χ1v) is 10.9. The van der Waals surface area contributed by atoms with Crippen molar-refractivity contribution < 1.29 is 13.9 Å². The van der Waals surface area contributed by atoms with Crippen molar-refractivity contribution in [3.05, 3.63) is 58.5 Å². The Morgan fingerprint density at radius 1 is 1.39 bits per heavy atom. The maximum absolute atomic E-state index is 14.6. The van der Waals surface area contributed by atoms with E-state index < -0.39 is 5.82 Å². The van der Waals surface area contributed by atoms with Crippen LogP contribution in [0.1, 0.15) is 18.9 Å². The molecule has 174 valence electrons. The van der Waals surface area contributed by atoms with Crippen molar-refractivity contribution in [2.45, 2.75) is 13.3 Å². The highest BCUT2D eigenvalue weighted by Crippen LogP contribution is 2.39. The average Bonchev–Trinajstić information content (AvgIpc) is 2.81. The van der Waals surface area contributed by atoms with E-state index in [-0.39, 0.29) is 11.5 Å². The zero-order valence-electron chi connectivity index (χ0n) is 18.8. The molecule has 1 amide bonds. The molecule has 1 aromatic carbocycles. The first-order valence-electron chi connectivity index (χ1n) is 10.5. The second-order valence-corrected chi connectivity index (χ2v) is 8.16. The number of nitrogens with zero attached hydrogens (tertiary/aromatic N) is 2. The highest BCUT2D eigenvalue weighted by molar-refractivity contribution is 6.30. The number of carbonyl (C=O) groups excluding carboxylic acids is 1. The number of pyridine rings is 1. The molecule has 3 rings (SSSR count). The third-order valence-electron chi connectivity index (χ3n) is 4.98. The maximum atomic E-state index is 14.6. The van der Waals surface area contributed by atoms with Gasteiger partial charge in [-0.15, -0.1) is 0 Å². The van der Waals surface area contributed by atoms with E-state index in [9.17, 15) is 9.18 Å². The number of carbonyl (C=O) groups is 1. The molecule has 7 nitrogen and oxygen atoms in total. The number of rotatable bonds is 8. The predicted octanol–water partition coefficient (Wildman–Crippen LogP) is 4.35. The van der Waals surface area contributed by atoms with Crippen LogP contribution in [0.15, 0.2) is 42.1 Å². The number of allylic oxidation sites excluding steroid dienone is 4. The van der Waals surface area contributed by atoms with E-state index in [4.69, 9.17) is 21.7 Å². The molecule has 0 spiro atoms. The van der Waals surface area contributed by atoms with Gasteiger partial charge in [0.25, 0.3) is 0 Å². The number of hydrogen-bond donors (Lipinski definition) is 3. The smallest absolute Gasteiger partial charge is 0.225 e. The van der Waals surface area contributed by atoms with E-state index in [0.717, 1.165) is 6.21 Å². The molecule has 0 saturated carbocycles. The lowest BCUT2D eigenvalue weighted by atomic mass is 10.00. The molecule has 0 bridgehead atoms. The van der Waals surface area contributed by atoms with Crippen LogP contribution < -0.4 is 15.4 Å². The molecule has 0 aliphatic carbocycles. The summed E-state index contributed by atoms with van der Waals surface area (Å²) in [7, 11) is 3.78. The number of fused-ring (bicyclic) bond motifs is 1. The first kappa shape index (κ1) is 24.4. The first-order chi connectivity index (χ1) is 15.8. The Kier molecular flexibility index (Phi) is 8.19. The standard InChI is InChI=1S/C24H27ClFN5O2/c1-4-15(11-17(14-27)29-22(32)7-9-31(2)3)18-13-21(19-12-16(25)5-6-20(19)26)30-24-23(18)33-10-8-28-24/h4-6,11-14,27H,7-10H2,1-3H3,(H,28,30)(H,29,32)/b15-4+,17-11+,27-14?. The number of hydrogen-bond acceptors (Lipinski definition) is 6. The van der Waals surface area contributed by atoms with Crippen molar-refractivity contribution in [1.82, 2.24) is 15.2 Å². The van der Waals surface area contributed by atoms with Crippen LogP contribution in [0.2, 0.25) is 5.02 Å². The summed E-state index contributed by atoms with van der Waals surface area (Å²) in [5, 5.41) is 14.1. The summed E-state index contributed by atoms with van der Waals surface area (Å²) < 4.78 is 20.5. The third kappa shape index (κ3) is 6.18. The molecular weight excluding hydrogens is 445 g/mol. The highest BCUT2D eigenvalue weighted by Gasteiger charge is 2.21. The number of anilines is 1. The number of amides is 1. The van der Waals surface area contributed by atoms with Crippen molar-refractivity contribution in [3.8, 4) is 17.0 Å². The summed E-state index contributed by atoms with van der Waals surface area (Å²) in [6.45, 7) is 3.45. The summed E-state index contributed by atoms with van der Waals surface area (Å²) in [5.74, 6) is 0.387. The normalized spacial score (nSPS) is 13.8. The molecule has 9 heteroatoms.